The van der Waals surface area contributed by atoms with Crippen molar-refractivity contribution in [1.29, 1.82) is 0 Å². The number of carbonyl (C=O) groups is 3. The molecule has 0 spiro atoms. The lowest BCUT2D eigenvalue weighted by Gasteiger charge is -2.37. The van der Waals surface area contributed by atoms with Gasteiger partial charge in [0.15, 0.2) is 0 Å². The molecule has 0 bridgehead atoms. The number of carboxylic acid groups (broad SMARTS) is 1. The summed E-state index contributed by atoms with van der Waals surface area (Å²) in [7, 11) is 0. The van der Waals surface area contributed by atoms with Gasteiger partial charge < -0.3 is 20.6 Å². The van der Waals surface area contributed by atoms with Crippen molar-refractivity contribution in [3.05, 3.63) is 11.9 Å². The van der Waals surface area contributed by atoms with Crippen molar-refractivity contribution in [2.45, 2.75) is 64.2 Å². The van der Waals surface area contributed by atoms with Crippen molar-refractivity contribution >= 4 is 17.8 Å². The van der Waals surface area contributed by atoms with Gasteiger partial charge in [0, 0.05) is 39.0 Å². The van der Waals surface area contributed by atoms with E-state index in [0.29, 0.717) is 13.1 Å². The molecule has 10 nitrogen and oxygen atoms in total. The number of aliphatic carboxylic acids is 1. The van der Waals surface area contributed by atoms with Crippen molar-refractivity contribution in [2.75, 3.05) is 26.2 Å². The van der Waals surface area contributed by atoms with Gasteiger partial charge in [0.1, 0.15) is 5.69 Å². The third kappa shape index (κ3) is 7.41. The van der Waals surface area contributed by atoms with E-state index in [1.54, 1.807) is 6.92 Å². The van der Waals surface area contributed by atoms with E-state index in [9.17, 15) is 22.8 Å². The van der Waals surface area contributed by atoms with E-state index in [-0.39, 0.29) is 23.8 Å². The van der Waals surface area contributed by atoms with Crippen LogP contribution in [0.3, 0.4) is 0 Å². The summed E-state index contributed by atoms with van der Waals surface area (Å²) in [6, 6.07) is 0.266. The number of hydrogen-bond acceptors (Lipinski definition) is 6. The molecule has 2 fully saturated rings. The highest BCUT2D eigenvalue weighted by molar-refractivity contribution is 5.80. The Hall–Kier alpha value is -2.70. The van der Waals surface area contributed by atoms with Gasteiger partial charge in [-0.3, -0.25) is 9.59 Å². The highest BCUT2D eigenvalue weighted by Gasteiger charge is 2.38. The first-order valence-electron chi connectivity index (χ1n) is 10.8. The van der Waals surface area contributed by atoms with Gasteiger partial charge in [0.2, 0.25) is 11.8 Å². The molecular weight excluding hydrogens is 445 g/mol. The van der Waals surface area contributed by atoms with Crippen LogP contribution in [0, 0.1) is 5.92 Å². The molecule has 0 saturated carbocycles. The summed E-state index contributed by atoms with van der Waals surface area (Å²) >= 11 is 0. The van der Waals surface area contributed by atoms with Gasteiger partial charge in [-0.15, -0.1) is 5.10 Å². The van der Waals surface area contributed by atoms with Gasteiger partial charge in [-0.05, 0) is 39.5 Å². The summed E-state index contributed by atoms with van der Waals surface area (Å²) in [6.45, 7) is 8.31. The summed E-state index contributed by atoms with van der Waals surface area (Å²) in [5, 5.41) is 15.5. The Bertz CT molecular complexity index is 836. The number of rotatable bonds is 3. The molecule has 13 heteroatoms. The average Bonchev–Trinajstić information content (AvgIpc) is 3.24. The van der Waals surface area contributed by atoms with E-state index >= 15 is 0 Å². The third-order valence-corrected chi connectivity index (χ3v) is 5.85. The van der Waals surface area contributed by atoms with Gasteiger partial charge in [0.25, 0.3) is 0 Å². The van der Waals surface area contributed by atoms with Crippen LogP contribution in [0.2, 0.25) is 0 Å². The molecule has 2 amide bonds. The molecule has 0 aliphatic carbocycles. The second-order valence-electron chi connectivity index (χ2n) is 8.95. The number of aromatic nitrogens is 3. The van der Waals surface area contributed by atoms with Gasteiger partial charge in [-0.25, -0.2) is 9.48 Å². The Kier molecular flexibility index (Phi) is 8.44. The zero-order valence-electron chi connectivity index (χ0n) is 19.0. The highest BCUT2D eigenvalue weighted by atomic mass is 19.4. The van der Waals surface area contributed by atoms with Crippen LogP contribution in [0.1, 0.15) is 58.2 Å². The van der Waals surface area contributed by atoms with Crippen LogP contribution in [-0.4, -0.2) is 80.0 Å². The summed E-state index contributed by atoms with van der Waals surface area (Å²) in [4.78, 5) is 36.9. The van der Waals surface area contributed by atoms with E-state index in [1.807, 2.05) is 34.5 Å². The lowest BCUT2D eigenvalue weighted by Crippen LogP contribution is -2.46. The number of halogens is 3. The quantitative estimate of drug-likeness (QED) is 0.675. The minimum absolute atomic E-state index is 0.0539. The first-order chi connectivity index (χ1) is 15.2. The molecule has 2 saturated heterocycles. The minimum Gasteiger partial charge on any atom is -0.475 e. The molecule has 0 atom stereocenters. The van der Waals surface area contributed by atoms with Crippen molar-refractivity contribution in [3.8, 4) is 0 Å². The van der Waals surface area contributed by atoms with Crippen LogP contribution in [0.5, 0.6) is 0 Å². The maximum Gasteiger partial charge on any atom is 0.490 e. The molecule has 33 heavy (non-hydrogen) atoms. The second kappa shape index (κ2) is 10.5. The zero-order chi connectivity index (χ0) is 25.0. The third-order valence-electron chi connectivity index (χ3n) is 5.85. The fourth-order valence-corrected chi connectivity index (χ4v) is 3.80. The molecule has 3 heterocycles. The summed E-state index contributed by atoms with van der Waals surface area (Å²) in [5.74, 6) is -2.36. The Balaban J connectivity index is 0.000000479. The molecule has 1 aromatic heterocycles. The van der Waals surface area contributed by atoms with Crippen molar-refractivity contribution in [3.63, 3.8) is 0 Å². The fourth-order valence-electron chi connectivity index (χ4n) is 3.80. The van der Waals surface area contributed by atoms with Gasteiger partial charge >= 0.3 is 12.1 Å². The van der Waals surface area contributed by atoms with Gasteiger partial charge in [-0.1, -0.05) is 5.21 Å². The lowest BCUT2D eigenvalue weighted by atomic mass is 9.93. The van der Waals surface area contributed by atoms with Crippen molar-refractivity contribution < 1.29 is 32.7 Å². The van der Waals surface area contributed by atoms with Gasteiger partial charge in [-0.2, -0.15) is 13.2 Å². The molecule has 2 aliphatic heterocycles. The summed E-state index contributed by atoms with van der Waals surface area (Å²) < 4.78 is 33.6. The number of carboxylic acids is 1. The summed E-state index contributed by atoms with van der Waals surface area (Å²) in [5.41, 5.74) is 6.37. The first-order valence-corrected chi connectivity index (χ1v) is 10.8. The SMILES string of the molecule is CC(=O)N1CCC(C(=O)N2CCC(n3cc(C(C)(C)N)nn3)CC2)CC1.O=C(O)C(F)(F)F. The maximum atomic E-state index is 12.8. The van der Waals surface area contributed by atoms with Gasteiger partial charge in [0.05, 0.1) is 17.8 Å². The first kappa shape index (κ1) is 26.6. The van der Waals surface area contributed by atoms with E-state index in [1.165, 1.54) is 0 Å². The van der Waals surface area contributed by atoms with Crippen LogP contribution in [0.15, 0.2) is 6.20 Å². The minimum atomic E-state index is -5.08. The predicted octanol–water partition coefficient (Wildman–Crippen LogP) is 1.53. The van der Waals surface area contributed by atoms with Crippen LogP contribution in [0.4, 0.5) is 13.2 Å². The van der Waals surface area contributed by atoms with Crippen LogP contribution in [0.25, 0.3) is 0 Å². The molecule has 0 unspecified atom stereocenters. The second-order valence-corrected chi connectivity index (χ2v) is 8.95. The van der Waals surface area contributed by atoms with Crippen LogP contribution >= 0.6 is 0 Å². The molecule has 1 aromatic rings. The van der Waals surface area contributed by atoms with E-state index in [2.05, 4.69) is 10.3 Å². The zero-order valence-corrected chi connectivity index (χ0v) is 19.0. The number of nitrogens with zero attached hydrogens (tertiary/aromatic N) is 5. The van der Waals surface area contributed by atoms with Crippen LogP contribution in [-0.2, 0) is 19.9 Å². The van der Waals surface area contributed by atoms with E-state index in [4.69, 9.17) is 15.6 Å². The Morgan fingerprint density at radius 1 is 1.03 bits per heavy atom. The molecule has 186 valence electrons. The standard InChI is InChI=1S/C18H30N6O2.C2HF3O2/c1-13(25)22-8-4-14(5-9-22)17(26)23-10-6-15(7-11-23)24-12-16(20-21-24)18(2,3)19;3-2(4,5)1(6)7/h12,14-15H,4-11,19H2,1-3H3;(H,6,7). The van der Waals surface area contributed by atoms with E-state index in [0.717, 1.165) is 44.5 Å². The number of hydrogen-bond donors (Lipinski definition) is 2. The largest absolute Gasteiger partial charge is 0.490 e. The number of amides is 2. The van der Waals surface area contributed by atoms with Crippen LogP contribution < -0.4 is 5.73 Å². The fraction of sp³-hybridized carbons (Fsp3) is 0.750. The number of alkyl halides is 3. The lowest BCUT2D eigenvalue weighted by molar-refractivity contribution is -0.192. The molecule has 2 aliphatic rings. The Morgan fingerprint density at radius 3 is 1.91 bits per heavy atom. The number of carbonyl (C=O) groups excluding carboxylic acids is 2. The van der Waals surface area contributed by atoms with E-state index < -0.39 is 17.7 Å². The highest BCUT2D eigenvalue weighted by Crippen LogP contribution is 2.26. The topological polar surface area (TPSA) is 135 Å². The molecular formula is C20H31F3N6O4. The smallest absolute Gasteiger partial charge is 0.475 e. The maximum absolute atomic E-state index is 12.8. The predicted molar refractivity (Wildman–Crippen MR) is 111 cm³/mol. The average molecular weight is 477 g/mol. The monoisotopic (exact) mass is 476 g/mol. The van der Waals surface area contributed by atoms with Crippen molar-refractivity contribution in [2.24, 2.45) is 11.7 Å². The Morgan fingerprint density at radius 2 is 1.52 bits per heavy atom. The normalized spacial score (nSPS) is 18.5. The Labute approximate surface area is 189 Å². The van der Waals surface area contributed by atoms with Crippen molar-refractivity contribution in [1.82, 2.24) is 24.8 Å². The molecule has 3 N–H and O–H groups in total. The number of nitrogens with two attached hydrogens (primary N) is 1. The number of likely N-dealkylation sites (tertiary alicyclic amines) is 2. The molecule has 0 aromatic carbocycles. The molecule has 0 radical (unpaired) electrons. The number of piperidine rings is 2. The summed E-state index contributed by atoms with van der Waals surface area (Å²) in [6.07, 6.45) is 0.157. The molecule has 3 rings (SSSR count).